The van der Waals surface area contributed by atoms with Crippen molar-refractivity contribution in [3.63, 3.8) is 0 Å². The summed E-state index contributed by atoms with van der Waals surface area (Å²) in [6, 6.07) is 1.59. The SMILES string of the molecule is O=C1OC[C@H]2O[C@@H](OC(=O)c3cc(O)c(O)c(O)c3-c3c1cc(O)c(O)c3O)[C@@H]1OC(=O)C3(O)C[C@H](O)[C@@]4(O)Oc5c(O)c(O)cc(c5[C@@H]34)C(=O)O[C@H]2[C@@H]1O. The third kappa shape index (κ3) is 4.72. The normalized spacial score (nSPS) is 32.1. The summed E-state index contributed by atoms with van der Waals surface area (Å²) in [6.07, 6.45) is -14.3. The van der Waals surface area contributed by atoms with Crippen molar-refractivity contribution in [1.82, 2.24) is 0 Å². The molecule has 1 saturated carbocycles. The molecule has 5 aliphatic rings. The quantitative estimate of drug-likeness (QED) is 0.0682. The number of rotatable bonds is 0. The molecule has 9 atom stereocenters. The van der Waals surface area contributed by atoms with Gasteiger partial charge in [0, 0.05) is 23.1 Å². The number of hydrogen-bond donors (Lipinski definition) is 12. The van der Waals surface area contributed by atoms with Crippen LogP contribution in [-0.4, -0.2) is 140 Å². The number of hydrogen-bond acceptors (Lipinski definition) is 22. The standard InChI is InChI=1S/C33H26O22/c34-9-1-6-14(20(41)17(9)38)15-7(2-10(35)18(39)21(15)42)29(46)54-30-25-22(43)23(12(51-30)5-50-27(6)44)52-28(45)8-3-11(36)19(40)24-16(8)26-32(48,31(47)53-25)4-13(37)33(26,49)55-24/h1-3,12-13,22-23,25-26,30,34-43,48-49H,4-5H2/t12-,13+,22+,23-,25-,26+,30+,32?,33-/m1/s1. The fourth-order valence-corrected chi connectivity index (χ4v) is 7.57. The van der Waals surface area contributed by atoms with Crippen molar-refractivity contribution in [1.29, 1.82) is 0 Å². The molecule has 1 aliphatic carbocycles. The molecule has 22 heteroatoms. The minimum Gasteiger partial charge on any atom is -0.504 e. The highest BCUT2D eigenvalue weighted by Crippen LogP contribution is 2.62. The Morgan fingerprint density at radius 1 is 0.636 bits per heavy atom. The van der Waals surface area contributed by atoms with Gasteiger partial charge in [-0.25, -0.2) is 19.2 Å². The van der Waals surface area contributed by atoms with Crippen LogP contribution in [0.1, 0.15) is 49.0 Å². The van der Waals surface area contributed by atoms with Crippen LogP contribution in [-0.2, 0) is 28.5 Å². The van der Waals surface area contributed by atoms with E-state index in [1.54, 1.807) is 0 Å². The highest BCUT2D eigenvalue weighted by molar-refractivity contribution is 6.08. The van der Waals surface area contributed by atoms with Crippen LogP contribution < -0.4 is 4.74 Å². The smallest absolute Gasteiger partial charge is 0.341 e. The van der Waals surface area contributed by atoms with Crippen molar-refractivity contribution in [2.75, 3.05) is 6.61 Å². The lowest BCUT2D eigenvalue weighted by molar-refractivity contribution is -0.291. The minimum absolute atomic E-state index is 0.463. The third-order valence-corrected chi connectivity index (χ3v) is 10.2. The minimum atomic E-state index is -3.09. The molecule has 22 nitrogen and oxygen atoms in total. The average Bonchev–Trinajstić information content (AvgIpc) is 3.56. The van der Waals surface area contributed by atoms with Gasteiger partial charge in [0.15, 0.2) is 52.3 Å². The maximum absolute atomic E-state index is 14.0. The number of fused-ring (bicyclic) bond motifs is 9. The number of ether oxygens (including phenoxy) is 6. The van der Waals surface area contributed by atoms with E-state index in [2.05, 4.69) is 0 Å². The van der Waals surface area contributed by atoms with Crippen molar-refractivity contribution in [3.05, 3.63) is 40.5 Å². The van der Waals surface area contributed by atoms with Crippen LogP contribution in [0.2, 0.25) is 0 Å². The number of cyclic esters (lactones) is 1. The molecule has 290 valence electrons. The first-order chi connectivity index (χ1) is 25.8. The molecule has 8 rings (SSSR count). The van der Waals surface area contributed by atoms with Crippen molar-refractivity contribution in [2.45, 2.75) is 60.5 Å². The van der Waals surface area contributed by atoms with Crippen molar-refractivity contribution in [2.24, 2.45) is 0 Å². The molecule has 2 fully saturated rings. The molecule has 0 aromatic heterocycles. The molecule has 12 N–H and O–H groups in total. The fraction of sp³-hybridized carbons (Fsp3) is 0.333. The van der Waals surface area contributed by atoms with Gasteiger partial charge in [-0.3, -0.25) is 0 Å². The van der Waals surface area contributed by atoms with E-state index in [9.17, 15) is 80.5 Å². The van der Waals surface area contributed by atoms with Crippen LogP contribution in [0.4, 0.5) is 0 Å². The lowest BCUT2D eigenvalue weighted by Crippen LogP contribution is -2.63. The second kappa shape index (κ2) is 11.5. The van der Waals surface area contributed by atoms with E-state index in [-0.39, 0.29) is 0 Å². The van der Waals surface area contributed by atoms with Gasteiger partial charge in [-0.15, -0.1) is 0 Å². The predicted octanol–water partition coefficient (Wildman–Crippen LogP) is -1.78. The number of benzene rings is 3. The van der Waals surface area contributed by atoms with Crippen molar-refractivity contribution in [3.8, 4) is 62.9 Å². The average molecular weight is 775 g/mol. The van der Waals surface area contributed by atoms with Crippen molar-refractivity contribution < 1.29 is 109 Å². The highest BCUT2D eigenvalue weighted by atomic mass is 16.7. The zero-order valence-corrected chi connectivity index (χ0v) is 27.1. The van der Waals surface area contributed by atoms with Gasteiger partial charge in [0.1, 0.15) is 24.9 Å². The number of esters is 4. The molecular formula is C33H26O22. The summed E-state index contributed by atoms with van der Waals surface area (Å²) in [6.45, 7) is -1.08. The molecule has 3 aromatic rings. The fourth-order valence-electron chi connectivity index (χ4n) is 7.57. The second-order valence-electron chi connectivity index (χ2n) is 13.3. The summed E-state index contributed by atoms with van der Waals surface area (Å²) in [7, 11) is 0. The number of aliphatic hydroxyl groups is 4. The lowest BCUT2D eigenvalue weighted by Gasteiger charge is -2.43. The first-order valence-electron chi connectivity index (χ1n) is 15.9. The van der Waals surface area contributed by atoms with E-state index in [4.69, 9.17) is 28.4 Å². The van der Waals surface area contributed by atoms with E-state index in [1.165, 1.54) is 0 Å². The zero-order chi connectivity index (χ0) is 39.8. The molecule has 3 aromatic carbocycles. The Hall–Kier alpha value is -6.46. The maximum Gasteiger partial charge on any atom is 0.341 e. The second-order valence-corrected chi connectivity index (χ2v) is 13.3. The monoisotopic (exact) mass is 774 g/mol. The van der Waals surface area contributed by atoms with Gasteiger partial charge >= 0.3 is 23.9 Å². The third-order valence-electron chi connectivity index (χ3n) is 10.2. The Balaban J connectivity index is 1.32. The molecule has 55 heavy (non-hydrogen) atoms. The molecule has 4 bridgehead atoms. The van der Waals surface area contributed by atoms with Crippen LogP contribution in [0.5, 0.6) is 51.7 Å². The summed E-state index contributed by atoms with van der Waals surface area (Å²) in [5.41, 5.74) is -8.40. The van der Waals surface area contributed by atoms with E-state index in [0.29, 0.717) is 18.2 Å². The molecule has 1 unspecified atom stereocenters. The number of aliphatic hydroxyl groups excluding tert-OH is 2. The topological polar surface area (TPSA) is 366 Å². The van der Waals surface area contributed by atoms with Crippen LogP contribution >= 0.6 is 0 Å². The molecule has 0 spiro atoms. The highest BCUT2D eigenvalue weighted by Gasteiger charge is 2.73. The number of carbonyl (C=O) groups excluding carboxylic acids is 4. The van der Waals surface area contributed by atoms with Crippen LogP contribution in [0.15, 0.2) is 18.2 Å². The van der Waals surface area contributed by atoms with Gasteiger partial charge in [0.2, 0.25) is 29.3 Å². The number of phenols is 8. The first-order valence-corrected chi connectivity index (χ1v) is 15.9. The van der Waals surface area contributed by atoms with Gasteiger partial charge in [0.25, 0.3) is 0 Å². The van der Waals surface area contributed by atoms with E-state index in [0.717, 1.165) is 0 Å². The summed E-state index contributed by atoms with van der Waals surface area (Å²) < 4.78 is 32.7. The largest absolute Gasteiger partial charge is 0.504 e. The van der Waals surface area contributed by atoms with Gasteiger partial charge in [0.05, 0.1) is 22.6 Å². The van der Waals surface area contributed by atoms with Crippen LogP contribution in [0.25, 0.3) is 11.1 Å². The molecule has 0 amide bonds. The number of phenolic OH excluding ortho intramolecular Hbond substituents is 8. The first kappa shape index (κ1) is 35.6. The Kier molecular flexibility index (Phi) is 7.45. The van der Waals surface area contributed by atoms with Gasteiger partial charge in [-0.1, -0.05) is 0 Å². The Bertz CT molecular complexity index is 2270. The van der Waals surface area contributed by atoms with Gasteiger partial charge in [-0.05, 0) is 18.2 Å². The molecule has 4 aliphatic heterocycles. The van der Waals surface area contributed by atoms with Crippen LogP contribution in [0, 0.1) is 0 Å². The molecule has 0 radical (unpaired) electrons. The predicted molar refractivity (Wildman–Crippen MR) is 165 cm³/mol. The van der Waals surface area contributed by atoms with Gasteiger partial charge < -0.3 is 89.7 Å². The maximum atomic E-state index is 14.0. The Labute approximate surface area is 303 Å². The summed E-state index contributed by atoms with van der Waals surface area (Å²) in [5, 5.41) is 130. The lowest BCUT2D eigenvalue weighted by atomic mass is 9.81. The number of carbonyl (C=O) groups is 4. The Morgan fingerprint density at radius 3 is 1.80 bits per heavy atom. The summed E-state index contributed by atoms with van der Waals surface area (Å²) >= 11 is 0. The summed E-state index contributed by atoms with van der Waals surface area (Å²) in [4.78, 5) is 55.4. The van der Waals surface area contributed by atoms with E-state index in [1.807, 2.05) is 0 Å². The molecule has 4 heterocycles. The Morgan fingerprint density at radius 2 is 1.18 bits per heavy atom. The van der Waals surface area contributed by atoms with Crippen LogP contribution in [0.3, 0.4) is 0 Å². The number of aromatic hydroxyl groups is 8. The zero-order valence-electron chi connectivity index (χ0n) is 27.1. The van der Waals surface area contributed by atoms with E-state index >= 15 is 0 Å². The van der Waals surface area contributed by atoms with Gasteiger partial charge in [-0.2, -0.15) is 0 Å². The van der Waals surface area contributed by atoms with Crippen molar-refractivity contribution >= 4 is 23.9 Å². The molecular weight excluding hydrogens is 748 g/mol. The summed E-state index contributed by atoms with van der Waals surface area (Å²) in [5.74, 6) is -22.3. The molecule has 1 saturated heterocycles. The van der Waals surface area contributed by atoms with E-state index < -0.39 is 176 Å².